The fraction of sp³-hybridized carbons (Fsp3) is 0.267. The van der Waals surface area contributed by atoms with Crippen LogP contribution in [0.5, 0.6) is 0 Å². The van der Waals surface area contributed by atoms with E-state index in [0.717, 1.165) is 22.7 Å². The maximum atomic E-state index is 10.9. The number of amides is 1. The first-order valence-electron chi connectivity index (χ1n) is 6.51. The van der Waals surface area contributed by atoms with Gasteiger partial charge in [0.25, 0.3) is 0 Å². The number of hydrogen-bond donors (Lipinski definition) is 1. The predicted octanol–water partition coefficient (Wildman–Crippen LogP) is 2.88. The second-order valence-electron chi connectivity index (χ2n) is 4.64. The van der Waals surface area contributed by atoms with E-state index in [4.69, 9.17) is 9.36 Å². The summed E-state index contributed by atoms with van der Waals surface area (Å²) >= 11 is 0. The van der Waals surface area contributed by atoms with Gasteiger partial charge < -0.3 is 14.7 Å². The maximum absolute atomic E-state index is 10.9. The van der Waals surface area contributed by atoms with E-state index in [1.807, 2.05) is 38.1 Å². The van der Waals surface area contributed by atoms with E-state index in [2.05, 4.69) is 15.6 Å². The van der Waals surface area contributed by atoms with Crippen molar-refractivity contribution in [1.82, 2.24) is 5.16 Å². The Morgan fingerprint density at radius 2 is 2.05 bits per heavy atom. The van der Waals surface area contributed by atoms with Crippen molar-refractivity contribution >= 4 is 17.3 Å². The molecular weight excluding hydrogens is 270 g/mol. The lowest BCUT2D eigenvalue weighted by molar-refractivity contribution is -0.114. The Labute approximate surface area is 122 Å². The average Bonchev–Trinajstić information content (AvgIpc) is 2.84. The van der Waals surface area contributed by atoms with E-state index in [9.17, 15) is 4.79 Å². The van der Waals surface area contributed by atoms with Crippen LogP contribution in [-0.4, -0.2) is 16.8 Å². The summed E-state index contributed by atoms with van der Waals surface area (Å²) in [7, 11) is 0. The fourth-order valence-corrected chi connectivity index (χ4v) is 1.73. The first-order chi connectivity index (χ1) is 10.0. The van der Waals surface area contributed by atoms with E-state index in [0.29, 0.717) is 5.76 Å². The molecule has 0 spiro atoms. The van der Waals surface area contributed by atoms with Crippen molar-refractivity contribution < 1.29 is 14.2 Å². The quantitative estimate of drug-likeness (QED) is 0.677. The number of carbonyl (C=O) groups excluding carboxylic acids is 1. The highest BCUT2D eigenvalue weighted by molar-refractivity contribution is 5.99. The lowest BCUT2D eigenvalue weighted by Gasteiger charge is -2.04. The molecule has 0 aliphatic carbocycles. The van der Waals surface area contributed by atoms with Crippen molar-refractivity contribution in [1.29, 1.82) is 0 Å². The monoisotopic (exact) mass is 287 g/mol. The Kier molecular flexibility index (Phi) is 4.71. The summed E-state index contributed by atoms with van der Waals surface area (Å²) < 4.78 is 5.02. The number of aromatic nitrogens is 1. The molecule has 0 radical (unpaired) electrons. The average molecular weight is 287 g/mol. The van der Waals surface area contributed by atoms with Crippen molar-refractivity contribution in [2.45, 2.75) is 27.4 Å². The van der Waals surface area contributed by atoms with E-state index in [1.165, 1.54) is 6.92 Å². The Morgan fingerprint density at radius 1 is 1.33 bits per heavy atom. The summed E-state index contributed by atoms with van der Waals surface area (Å²) in [5, 5.41) is 10.5. The summed E-state index contributed by atoms with van der Waals surface area (Å²) in [6, 6.07) is 9.16. The highest BCUT2D eigenvalue weighted by Gasteiger charge is 2.02. The van der Waals surface area contributed by atoms with Gasteiger partial charge in [0, 0.05) is 18.7 Å². The minimum atomic E-state index is -0.0983. The molecule has 2 aromatic rings. The zero-order valence-corrected chi connectivity index (χ0v) is 12.2. The van der Waals surface area contributed by atoms with Crippen LogP contribution < -0.4 is 5.32 Å². The van der Waals surface area contributed by atoms with Crippen LogP contribution in [0.25, 0.3) is 0 Å². The zero-order valence-electron chi connectivity index (χ0n) is 12.2. The van der Waals surface area contributed by atoms with E-state index in [1.54, 1.807) is 6.07 Å². The molecule has 6 nitrogen and oxygen atoms in total. The van der Waals surface area contributed by atoms with Crippen LogP contribution >= 0.6 is 0 Å². The Bertz CT molecular complexity index is 644. The topological polar surface area (TPSA) is 76.7 Å². The molecule has 0 unspecified atom stereocenters. The summed E-state index contributed by atoms with van der Waals surface area (Å²) in [5.74, 6) is 0.531. The van der Waals surface area contributed by atoms with Crippen molar-refractivity contribution in [3.05, 3.63) is 47.3 Å². The molecule has 6 heteroatoms. The number of rotatable bonds is 5. The summed E-state index contributed by atoms with van der Waals surface area (Å²) in [5.41, 5.74) is 3.21. The number of anilines is 1. The van der Waals surface area contributed by atoms with Crippen LogP contribution in [0, 0.1) is 6.92 Å². The van der Waals surface area contributed by atoms with E-state index >= 15 is 0 Å². The Hall–Kier alpha value is -2.63. The van der Waals surface area contributed by atoms with Gasteiger partial charge >= 0.3 is 0 Å². The van der Waals surface area contributed by atoms with Crippen LogP contribution in [0.15, 0.2) is 40.0 Å². The molecule has 1 N–H and O–H groups in total. The third kappa shape index (κ3) is 4.45. The minimum Gasteiger partial charge on any atom is -0.387 e. The molecule has 2 rings (SSSR count). The maximum Gasteiger partial charge on any atom is 0.221 e. The van der Waals surface area contributed by atoms with Crippen molar-refractivity contribution in [3.63, 3.8) is 0 Å². The van der Waals surface area contributed by atoms with Gasteiger partial charge in [0.15, 0.2) is 12.4 Å². The van der Waals surface area contributed by atoms with Gasteiger partial charge in [0.2, 0.25) is 5.91 Å². The highest BCUT2D eigenvalue weighted by Crippen LogP contribution is 2.11. The third-order valence-electron chi connectivity index (χ3n) is 2.71. The van der Waals surface area contributed by atoms with Crippen molar-refractivity contribution in [2.75, 3.05) is 5.32 Å². The molecule has 0 atom stereocenters. The standard InChI is InChI=1S/C15H17N3O3/c1-10-8-15(21-17-10)9-20-18-11(2)13-4-6-14(7-5-13)16-12(3)19/h4-8H,9H2,1-3H3,(H,16,19)/b18-11+. The molecule has 1 aromatic carbocycles. The number of oxime groups is 1. The second-order valence-corrected chi connectivity index (χ2v) is 4.64. The first-order valence-corrected chi connectivity index (χ1v) is 6.51. The van der Waals surface area contributed by atoms with Gasteiger partial charge in [-0.1, -0.05) is 22.4 Å². The molecule has 110 valence electrons. The van der Waals surface area contributed by atoms with Gasteiger partial charge in [-0.15, -0.1) is 0 Å². The lowest BCUT2D eigenvalue weighted by Crippen LogP contribution is -2.06. The summed E-state index contributed by atoms with van der Waals surface area (Å²) in [6.07, 6.45) is 0. The molecule has 0 fully saturated rings. The second kappa shape index (κ2) is 6.69. The molecule has 0 aliphatic rings. The largest absolute Gasteiger partial charge is 0.387 e. The predicted molar refractivity (Wildman–Crippen MR) is 79.0 cm³/mol. The highest BCUT2D eigenvalue weighted by atomic mass is 16.6. The smallest absolute Gasteiger partial charge is 0.221 e. The molecule has 0 aliphatic heterocycles. The normalized spacial score (nSPS) is 11.3. The Balaban J connectivity index is 1.93. The molecule has 1 amide bonds. The Morgan fingerprint density at radius 3 is 2.62 bits per heavy atom. The van der Waals surface area contributed by atoms with Gasteiger partial charge in [0.1, 0.15) is 0 Å². The number of hydrogen-bond acceptors (Lipinski definition) is 5. The number of nitrogens with zero attached hydrogens (tertiary/aromatic N) is 2. The minimum absolute atomic E-state index is 0.0983. The number of benzene rings is 1. The lowest BCUT2D eigenvalue weighted by atomic mass is 10.1. The zero-order chi connectivity index (χ0) is 15.2. The van der Waals surface area contributed by atoms with Crippen LogP contribution in [0.4, 0.5) is 5.69 Å². The molecule has 0 bridgehead atoms. The number of carbonyl (C=O) groups is 1. The van der Waals surface area contributed by atoms with Crippen molar-refractivity contribution in [3.8, 4) is 0 Å². The van der Waals surface area contributed by atoms with E-state index < -0.39 is 0 Å². The van der Waals surface area contributed by atoms with E-state index in [-0.39, 0.29) is 12.5 Å². The molecule has 1 aromatic heterocycles. The molecule has 0 saturated heterocycles. The number of aryl methyl sites for hydroxylation is 1. The van der Waals surface area contributed by atoms with Gasteiger partial charge in [-0.25, -0.2) is 0 Å². The summed E-state index contributed by atoms with van der Waals surface area (Å²) in [6.45, 7) is 5.40. The van der Waals surface area contributed by atoms with Crippen molar-refractivity contribution in [2.24, 2.45) is 5.16 Å². The first kappa shape index (κ1) is 14.8. The van der Waals surface area contributed by atoms with Gasteiger partial charge in [-0.3, -0.25) is 4.79 Å². The fourth-order valence-electron chi connectivity index (χ4n) is 1.73. The SMILES string of the molecule is CC(=O)Nc1ccc(/C(C)=N/OCc2cc(C)no2)cc1. The molecular formula is C15H17N3O3. The van der Waals surface area contributed by atoms with Gasteiger partial charge in [-0.2, -0.15) is 0 Å². The van der Waals surface area contributed by atoms with Crippen LogP contribution in [0.2, 0.25) is 0 Å². The summed E-state index contributed by atoms with van der Waals surface area (Å²) in [4.78, 5) is 16.2. The van der Waals surface area contributed by atoms with Gasteiger partial charge in [-0.05, 0) is 31.5 Å². The molecule has 21 heavy (non-hydrogen) atoms. The van der Waals surface area contributed by atoms with Crippen LogP contribution in [0.1, 0.15) is 30.9 Å². The number of nitrogens with one attached hydrogen (secondary N) is 1. The van der Waals surface area contributed by atoms with Crippen LogP contribution in [0.3, 0.4) is 0 Å². The molecule has 0 saturated carbocycles. The molecule has 1 heterocycles. The third-order valence-corrected chi connectivity index (χ3v) is 2.71. The van der Waals surface area contributed by atoms with Gasteiger partial charge in [0.05, 0.1) is 11.4 Å². The van der Waals surface area contributed by atoms with Crippen LogP contribution in [-0.2, 0) is 16.2 Å².